The van der Waals surface area contributed by atoms with E-state index in [0.29, 0.717) is 5.13 Å². The van der Waals surface area contributed by atoms with E-state index >= 15 is 0 Å². The largest absolute Gasteiger partial charge is 0.356 e. The van der Waals surface area contributed by atoms with Gasteiger partial charge < -0.3 is 4.90 Å². The standard InChI is InChI=1S/C15H20N6OS2/c1-2-13-19-20-15(24-13)18-12(22)9-23-14-8-11(16-10-17-14)21-6-4-3-5-7-21/h8,10H,2-7,9H2,1H3,(H,18,20,22). The van der Waals surface area contributed by atoms with Crippen LogP contribution in [0.25, 0.3) is 0 Å². The van der Waals surface area contributed by atoms with E-state index in [1.54, 1.807) is 6.33 Å². The molecule has 2 aromatic heterocycles. The normalized spacial score (nSPS) is 14.6. The molecule has 3 rings (SSSR count). The summed E-state index contributed by atoms with van der Waals surface area (Å²) in [5, 5.41) is 13.0. The minimum atomic E-state index is -0.100. The van der Waals surface area contributed by atoms with Gasteiger partial charge in [0.05, 0.1) is 5.75 Å². The van der Waals surface area contributed by atoms with Crippen molar-refractivity contribution in [1.29, 1.82) is 0 Å². The molecule has 0 spiro atoms. The van der Waals surface area contributed by atoms with Crippen molar-refractivity contribution in [3.05, 3.63) is 17.4 Å². The zero-order valence-corrected chi connectivity index (χ0v) is 15.2. The Morgan fingerprint density at radius 1 is 1.29 bits per heavy atom. The SMILES string of the molecule is CCc1nnc(NC(=O)CSc2cc(N3CCCCC3)ncn2)s1. The molecule has 0 bridgehead atoms. The predicted octanol–water partition coefficient (Wildman–Crippen LogP) is 2.61. The van der Waals surface area contributed by atoms with E-state index in [4.69, 9.17) is 0 Å². The number of nitrogens with one attached hydrogen (secondary N) is 1. The van der Waals surface area contributed by atoms with E-state index in [9.17, 15) is 4.79 Å². The maximum absolute atomic E-state index is 12.0. The smallest absolute Gasteiger partial charge is 0.236 e. The van der Waals surface area contributed by atoms with Gasteiger partial charge in [0.2, 0.25) is 11.0 Å². The number of piperidine rings is 1. The highest BCUT2D eigenvalue weighted by atomic mass is 32.2. The molecule has 9 heteroatoms. The van der Waals surface area contributed by atoms with Crippen molar-refractivity contribution in [3.8, 4) is 0 Å². The van der Waals surface area contributed by atoms with Crippen LogP contribution >= 0.6 is 23.1 Å². The van der Waals surface area contributed by atoms with E-state index in [2.05, 4.69) is 30.4 Å². The Bertz CT molecular complexity index is 686. The fourth-order valence-corrected chi connectivity index (χ4v) is 3.80. The molecule has 7 nitrogen and oxygen atoms in total. The fraction of sp³-hybridized carbons (Fsp3) is 0.533. The number of carbonyl (C=O) groups excluding carboxylic acids is 1. The van der Waals surface area contributed by atoms with Gasteiger partial charge in [-0.15, -0.1) is 10.2 Å². The number of hydrogen-bond donors (Lipinski definition) is 1. The molecule has 1 N–H and O–H groups in total. The lowest BCUT2D eigenvalue weighted by molar-refractivity contribution is -0.113. The number of hydrogen-bond acceptors (Lipinski definition) is 8. The number of anilines is 2. The van der Waals surface area contributed by atoms with Crippen LogP contribution in [0.2, 0.25) is 0 Å². The van der Waals surface area contributed by atoms with E-state index in [1.807, 2.05) is 13.0 Å². The molecule has 0 radical (unpaired) electrons. The summed E-state index contributed by atoms with van der Waals surface area (Å²) >= 11 is 2.81. The number of carbonyl (C=O) groups is 1. The van der Waals surface area contributed by atoms with Gasteiger partial charge in [-0.05, 0) is 25.7 Å². The van der Waals surface area contributed by atoms with E-state index in [1.165, 1.54) is 42.4 Å². The zero-order valence-electron chi connectivity index (χ0n) is 13.6. The summed E-state index contributed by atoms with van der Waals surface area (Å²) in [5.74, 6) is 1.14. The number of amides is 1. The van der Waals surface area contributed by atoms with Crippen LogP contribution in [-0.4, -0.2) is 44.9 Å². The molecular formula is C15H20N6OS2. The molecule has 0 aromatic carbocycles. The van der Waals surface area contributed by atoms with Gasteiger partial charge in [-0.2, -0.15) is 0 Å². The maximum Gasteiger partial charge on any atom is 0.236 e. The Hall–Kier alpha value is -1.74. The summed E-state index contributed by atoms with van der Waals surface area (Å²) in [5.41, 5.74) is 0. The van der Waals surface area contributed by atoms with Gasteiger partial charge in [0.15, 0.2) is 0 Å². The molecular weight excluding hydrogens is 344 g/mol. The van der Waals surface area contributed by atoms with Crippen LogP contribution in [0.3, 0.4) is 0 Å². The molecule has 3 heterocycles. The number of thioether (sulfide) groups is 1. The minimum Gasteiger partial charge on any atom is -0.356 e. The van der Waals surface area contributed by atoms with Gasteiger partial charge in [0, 0.05) is 19.2 Å². The molecule has 1 saturated heterocycles. The average molecular weight is 365 g/mol. The summed E-state index contributed by atoms with van der Waals surface area (Å²) in [6.45, 7) is 4.09. The van der Waals surface area contributed by atoms with E-state index in [0.717, 1.165) is 35.4 Å². The Balaban J connectivity index is 1.53. The second kappa shape index (κ2) is 8.39. The van der Waals surface area contributed by atoms with Crippen LogP contribution in [0.4, 0.5) is 10.9 Å². The lowest BCUT2D eigenvalue weighted by Gasteiger charge is -2.27. The first-order valence-corrected chi connectivity index (χ1v) is 9.87. The van der Waals surface area contributed by atoms with Crippen molar-refractivity contribution in [2.45, 2.75) is 37.6 Å². The molecule has 0 aliphatic carbocycles. The highest BCUT2D eigenvalue weighted by molar-refractivity contribution is 7.99. The van der Waals surface area contributed by atoms with Crippen molar-refractivity contribution in [3.63, 3.8) is 0 Å². The molecule has 1 aliphatic heterocycles. The van der Waals surface area contributed by atoms with Crippen molar-refractivity contribution < 1.29 is 4.79 Å². The molecule has 1 aliphatic rings. The van der Waals surface area contributed by atoms with Gasteiger partial charge in [-0.1, -0.05) is 30.0 Å². The highest BCUT2D eigenvalue weighted by Gasteiger charge is 2.14. The van der Waals surface area contributed by atoms with Crippen LogP contribution in [0.15, 0.2) is 17.4 Å². The van der Waals surface area contributed by atoms with Crippen LogP contribution in [0.1, 0.15) is 31.2 Å². The summed E-state index contributed by atoms with van der Waals surface area (Å²) in [4.78, 5) is 22.9. The summed E-state index contributed by atoms with van der Waals surface area (Å²) < 4.78 is 0. The molecule has 1 amide bonds. The molecule has 128 valence electrons. The van der Waals surface area contributed by atoms with Crippen molar-refractivity contribution in [2.75, 3.05) is 29.1 Å². The fourth-order valence-electron chi connectivity index (χ4n) is 2.45. The number of aryl methyl sites for hydroxylation is 1. The van der Waals surface area contributed by atoms with E-state index < -0.39 is 0 Å². The first kappa shape index (κ1) is 17.1. The van der Waals surface area contributed by atoms with Crippen LogP contribution in [0.5, 0.6) is 0 Å². The summed E-state index contributed by atoms with van der Waals surface area (Å²) in [7, 11) is 0. The molecule has 2 aromatic rings. The number of aromatic nitrogens is 4. The first-order valence-electron chi connectivity index (χ1n) is 8.06. The molecule has 0 unspecified atom stereocenters. The minimum absolute atomic E-state index is 0.100. The van der Waals surface area contributed by atoms with Crippen molar-refractivity contribution in [1.82, 2.24) is 20.2 Å². The predicted molar refractivity (Wildman–Crippen MR) is 96.7 cm³/mol. The lowest BCUT2D eigenvalue weighted by Crippen LogP contribution is -2.30. The second-order valence-electron chi connectivity index (χ2n) is 5.45. The molecule has 0 atom stereocenters. The van der Waals surface area contributed by atoms with Crippen LogP contribution in [0, 0.1) is 0 Å². The van der Waals surface area contributed by atoms with Gasteiger partial charge in [0.25, 0.3) is 0 Å². The molecule has 0 saturated carbocycles. The second-order valence-corrected chi connectivity index (χ2v) is 7.51. The van der Waals surface area contributed by atoms with Crippen molar-refractivity contribution in [2.24, 2.45) is 0 Å². The third kappa shape index (κ3) is 4.64. The number of nitrogens with zero attached hydrogens (tertiary/aromatic N) is 5. The quantitative estimate of drug-likeness (QED) is 0.623. The Morgan fingerprint density at radius 2 is 2.12 bits per heavy atom. The molecule has 24 heavy (non-hydrogen) atoms. The van der Waals surface area contributed by atoms with Gasteiger partial charge in [-0.25, -0.2) is 9.97 Å². The Morgan fingerprint density at radius 3 is 2.88 bits per heavy atom. The first-order chi connectivity index (χ1) is 11.7. The average Bonchev–Trinajstić information content (AvgIpc) is 3.08. The van der Waals surface area contributed by atoms with Crippen molar-refractivity contribution >= 4 is 40.0 Å². The van der Waals surface area contributed by atoms with E-state index in [-0.39, 0.29) is 11.7 Å². The summed E-state index contributed by atoms with van der Waals surface area (Å²) in [6, 6.07) is 1.96. The van der Waals surface area contributed by atoms with Crippen LogP contribution < -0.4 is 10.2 Å². The topological polar surface area (TPSA) is 83.9 Å². The Kier molecular flexibility index (Phi) is 5.97. The highest BCUT2D eigenvalue weighted by Crippen LogP contribution is 2.23. The van der Waals surface area contributed by atoms with Gasteiger partial charge >= 0.3 is 0 Å². The third-order valence-corrected chi connectivity index (χ3v) is 5.58. The summed E-state index contributed by atoms with van der Waals surface area (Å²) in [6.07, 6.45) is 6.09. The van der Waals surface area contributed by atoms with Gasteiger partial charge in [-0.3, -0.25) is 10.1 Å². The maximum atomic E-state index is 12.0. The number of rotatable bonds is 6. The van der Waals surface area contributed by atoms with Crippen LogP contribution in [-0.2, 0) is 11.2 Å². The lowest BCUT2D eigenvalue weighted by atomic mass is 10.1. The molecule has 1 fully saturated rings. The third-order valence-electron chi connectivity index (χ3n) is 3.67. The monoisotopic (exact) mass is 364 g/mol. The zero-order chi connectivity index (χ0) is 16.8. The Labute approximate surface area is 149 Å². The van der Waals surface area contributed by atoms with Gasteiger partial charge in [0.1, 0.15) is 22.2 Å².